The van der Waals surface area contributed by atoms with Gasteiger partial charge in [0.25, 0.3) is 5.91 Å². The van der Waals surface area contributed by atoms with Crippen molar-refractivity contribution < 1.29 is 23.5 Å². The summed E-state index contributed by atoms with van der Waals surface area (Å²) >= 11 is 6.06. The molecule has 0 bridgehead atoms. The van der Waals surface area contributed by atoms with Crippen LogP contribution in [-0.4, -0.2) is 30.6 Å². The molecule has 7 nitrogen and oxygen atoms in total. The maximum absolute atomic E-state index is 12.2. The van der Waals surface area contributed by atoms with Crippen molar-refractivity contribution in [2.45, 2.75) is 45.1 Å². The number of hydrogen-bond donors (Lipinski definition) is 2. The van der Waals surface area contributed by atoms with E-state index >= 15 is 0 Å². The fraction of sp³-hybridized carbons (Fsp3) is 0.421. The van der Waals surface area contributed by atoms with Crippen LogP contribution in [0.25, 0.3) is 11.0 Å². The van der Waals surface area contributed by atoms with E-state index in [0.29, 0.717) is 21.6 Å². The van der Waals surface area contributed by atoms with Gasteiger partial charge in [0.1, 0.15) is 0 Å². The van der Waals surface area contributed by atoms with Crippen LogP contribution >= 0.6 is 11.6 Å². The van der Waals surface area contributed by atoms with E-state index in [1.165, 1.54) is 6.42 Å². The monoisotopic (exact) mass is 392 g/mol. The Bertz CT molecular complexity index is 870. The lowest BCUT2D eigenvalue weighted by Gasteiger charge is -2.22. The lowest BCUT2D eigenvalue weighted by atomic mass is 9.96. The summed E-state index contributed by atoms with van der Waals surface area (Å²) in [6.45, 7) is 1.12. The summed E-state index contributed by atoms with van der Waals surface area (Å²) in [6, 6.07) is 4.69. The second-order valence-corrected chi connectivity index (χ2v) is 7.01. The van der Waals surface area contributed by atoms with Gasteiger partial charge in [-0.15, -0.1) is 0 Å². The minimum Gasteiger partial charge on any atom is -0.450 e. The van der Waals surface area contributed by atoms with Crippen LogP contribution in [0, 0.1) is 6.92 Å². The summed E-state index contributed by atoms with van der Waals surface area (Å²) in [4.78, 5) is 35.9. The van der Waals surface area contributed by atoms with Crippen LogP contribution in [0.3, 0.4) is 0 Å². The van der Waals surface area contributed by atoms with E-state index in [1.54, 1.807) is 25.1 Å². The molecular weight excluding hydrogens is 372 g/mol. The highest BCUT2D eigenvalue weighted by Crippen LogP contribution is 2.30. The summed E-state index contributed by atoms with van der Waals surface area (Å²) < 4.78 is 10.5. The summed E-state index contributed by atoms with van der Waals surface area (Å²) in [5.74, 6) is -1.51. The van der Waals surface area contributed by atoms with Gasteiger partial charge in [-0.2, -0.15) is 0 Å². The lowest BCUT2D eigenvalue weighted by molar-refractivity contribution is -0.123. The van der Waals surface area contributed by atoms with E-state index in [-0.39, 0.29) is 11.8 Å². The van der Waals surface area contributed by atoms with Gasteiger partial charge < -0.3 is 14.5 Å². The van der Waals surface area contributed by atoms with Crippen LogP contribution in [0.4, 0.5) is 4.79 Å². The molecule has 144 valence electrons. The van der Waals surface area contributed by atoms with Crippen LogP contribution in [0.5, 0.6) is 0 Å². The third kappa shape index (κ3) is 4.60. The molecule has 8 heteroatoms. The molecule has 0 spiro atoms. The number of nitrogens with one attached hydrogen (secondary N) is 2. The summed E-state index contributed by atoms with van der Waals surface area (Å²) in [5.41, 5.74) is 0.966. The third-order valence-electron chi connectivity index (χ3n) is 4.63. The SMILES string of the molecule is Cc1c(C(=O)OCC(=O)NC(=O)NC2CCCCC2)oc2c(Cl)cccc12. The molecule has 0 aliphatic heterocycles. The zero-order valence-electron chi connectivity index (χ0n) is 15.0. The van der Waals surface area contributed by atoms with Crippen molar-refractivity contribution in [3.8, 4) is 0 Å². The van der Waals surface area contributed by atoms with Crippen molar-refractivity contribution in [2.24, 2.45) is 0 Å². The number of urea groups is 1. The molecule has 2 aromatic rings. The number of fused-ring (bicyclic) bond motifs is 1. The molecule has 0 unspecified atom stereocenters. The number of carbonyl (C=O) groups is 3. The van der Waals surface area contributed by atoms with E-state index in [2.05, 4.69) is 10.6 Å². The van der Waals surface area contributed by atoms with Crippen LogP contribution in [0.2, 0.25) is 5.02 Å². The predicted molar refractivity (Wildman–Crippen MR) is 99.8 cm³/mol. The average Bonchev–Trinajstić information content (AvgIpc) is 2.99. The fourth-order valence-electron chi connectivity index (χ4n) is 3.23. The van der Waals surface area contributed by atoms with Crippen LogP contribution in [-0.2, 0) is 9.53 Å². The molecular formula is C19H21ClN2O5. The van der Waals surface area contributed by atoms with Gasteiger partial charge in [0.05, 0.1) is 5.02 Å². The Hall–Kier alpha value is -2.54. The van der Waals surface area contributed by atoms with Gasteiger partial charge in [-0.25, -0.2) is 9.59 Å². The van der Waals surface area contributed by atoms with Gasteiger partial charge in [0.15, 0.2) is 12.2 Å². The molecule has 0 saturated heterocycles. The molecule has 1 aliphatic carbocycles. The van der Waals surface area contributed by atoms with Crippen LogP contribution in [0.15, 0.2) is 22.6 Å². The molecule has 1 saturated carbocycles. The number of ether oxygens (including phenoxy) is 1. The summed E-state index contributed by atoms with van der Waals surface area (Å²) in [5, 5.41) is 6.01. The van der Waals surface area contributed by atoms with Crippen LogP contribution < -0.4 is 10.6 Å². The number of hydrogen-bond acceptors (Lipinski definition) is 5. The molecule has 1 heterocycles. The number of aryl methyl sites for hydroxylation is 1. The van der Waals surface area contributed by atoms with Gasteiger partial charge in [0, 0.05) is 17.0 Å². The average molecular weight is 393 g/mol. The van der Waals surface area contributed by atoms with Crippen molar-refractivity contribution in [3.63, 3.8) is 0 Å². The van der Waals surface area contributed by atoms with Crippen LogP contribution in [0.1, 0.15) is 48.2 Å². The largest absolute Gasteiger partial charge is 0.450 e. The number of rotatable bonds is 4. The highest BCUT2D eigenvalue weighted by Gasteiger charge is 2.22. The number of amides is 3. The third-order valence-corrected chi connectivity index (χ3v) is 4.93. The number of esters is 1. The number of furan rings is 1. The first-order valence-electron chi connectivity index (χ1n) is 8.91. The number of benzene rings is 1. The Morgan fingerprint density at radius 1 is 1.22 bits per heavy atom. The molecule has 1 aromatic heterocycles. The molecule has 3 amide bonds. The zero-order valence-corrected chi connectivity index (χ0v) is 15.7. The van der Waals surface area contributed by atoms with Crippen molar-refractivity contribution in [2.75, 3.05) is 6.61 Å². The standard InChI is InChI=1S/C19H21ClN2O5/c1-11-13-8-5-9-14(20)17(13)27-16(11)18(24)26-10-15(23)22-19(25)21-12-6-3-2-4-7-12/h5,8-9,12H,2-4,6-7,10H2,1H3,(H2,21,22,23,25). The molecule has 2 N–H and O–H groups in total. The van der Waals surface area contributed by atoms with E-state index in [0.717, 1.165) is 25.7 Å². The van der Waals surface area contributed by atoms with Crippen molar-refractivity contribution in [1.82, 2.24) is 10.6 Å². The Labute approximate surface area is 161 Å². The van der Waals surface area contributed by atoms with E-state index in [9.17, 15) is 14.4 Å². The number of para-hydroxylation sites is 1. The Morgan fingerprint density at radius 3 is 2.67 bits per heavy atom. The Morgan fingerprint density at radius 2 is 1.96 bits per heavy atom. The summed E-state index contributed by atoms with van der Waals surface area (Å²) in [6.07, 6.45) is 5.12. The van der Waals surface area contributed by atoms with E-state index < -0.39 is 24.5 Å². The molecule has 0 atom stereocenters. The maximum atomic E-state index is 12.2. The smallest absolute Gasteiger partial charge is 0.375 e. The number of imide groups is 1. The van der Waals surface area contributed by atoms with E-state index in [4.69, 9.17) is 20.8 Å². The second-order valence-electron chi connectivity index (χ2n) is 6.61. The first kappa shape index (κ1) is 19.2. The fourth-order valence-corrected chi connectivity index (χ4v) is 3.44. The van der Waals surface area contributed by atoms with Gasteiger partial charge in [-0.3, -0.25) is 10.1 Å². The zero-order chi connectivity index (χ0) is 19.4. The highest BCUT2D eigenvalue weighted by molar-refractivity contribution is 6.35. The number of carbonyl (C=O) groups excluding carboxylic acids is 3. The van der Waals surface area contributed by atoms with Gasteiger partial charge in [0.2, 0.25) is 5.76 Å². The minimum atomic E-state index is -0.789. The Balaban J connectivity index is 1.53. The predicted octanol–water partition coefficient (Wildman–Crippen LogP) is 3.71. The second kappa shape index (κ2) is 8.43. The quantitative estimate of drug-likeness (QED) is 0.773. The maximum Gasteiger partial charge on any atom is 0.375 e. The molecule has 0 radical (unpaired) electrons. The number of halogens is 1. The van der Waals surface area contributed by atoms with Gasteiger partial charge in [-0.05, 0) is 25.8 Å². The van der Waals surface area contributed by atoms with Gasteiger partial charge in [-0.1, -0.05) is 43.0 Å². The minimum absolute atomic E-state index is 0.0162. The highest BCUT2D eigenvalue weighted by atomic mass is 35.5. The lowest BCUT2D eigenvalue weighted by Crippen LogP contribution is -2.46. The normalized spacial score (nSPS) is 14.7. The molecule has 1 aliphatic rings. The first-order valence-corrected chi connectivity index (χ1v) is 9.28. The van der Waals surface area contributed by atoms with Gasteiger partial charge >= 0.3 is 12.0 Å². The summed E-state index contributed by atoms with van der Waals surface area (Å²) in [7, 11) is 0. The van der Waals surface area contributed by atoms with Crippen molar-refractivity contribution >= 4 is 40.5 Å². The molecule has 3 rings (SSSR count). The van der Waals surface area contributed by atoms with Crippen molar-refractivity contribution in [1.29, 1.82) is 0 Å². The molecule has 1 aromatic carbocycles. The topological polar surface area (TPSA) is 97.6 Å². The van der Waals surface area contributed by atoms with Crippen molar-refractivity contribution in [3.05, 3.63) is 34.5 Å². The molecule has 1 fully saturated rings. The van der Waals surface area contributed by atoms with E-state index in [1.807, 2.05) is 0 Å². The molecule has 27 heavy (non-hydrogen) atoms. The Kier molecular flexibility index (Phi) is 6.01. The first-order chi connectivity index (χ1) is 13.0.